The molecule has 0 bridgehead atoms. The lowest BCUT2D eigenvalue weighted by Crippen LogP contribution is -2.11. The molecule has 2 aromatic rings. The molecule has 1 amide bonds. The van der Waals surface area contributed by atoms with Crippen LogP contribution in [-0.4, -0.2) is 5.91 Å². The molecule has 2 aromatic carbocycles. The molecule has 98 valence electrons. The Hall–Kier alpha value is -2.01. The predicted octanol–water partition coefficient (Wildman–Crippen LogP) is 2.71. The molecule has 0 aliphatic carbocycles. The molecular formula is C14H13BrN2O2. The first-order valence-electron chi connectivity index (χ1n) is 5.63. The quantitative estimate of drug-likeness (QED) is 0.850. The van der Waals surface area contributed by atoms with Gasteiger partial charge in [-0.15, -0.1) is 0 Å². The van der Waals surface area contributed by atoms with E-state index in [1.165, 1.54) is 0 Å². The maximum atomic E-state index is 11.1. The number of rotatable bonds is 4. The van der Waals surface area contributed by atoms with Gasteiger partial charge in [0, 0.05) is 11.3 Å². The van der Waals surface area contributed by atoms with Crippen molar-refractivity contribution in [2.75, 3.05) is 5.73 Å². The van der Waals surface area contributed by atoms with E-state index in [-0.39, 0.29) is 0 Å². The number of halogens is 1. The average Bonchev–Trinajstić information content (AvgIpc) is 2.41. The van der Waals surface area contributed by atoms with E-state index in [1.54, 1.807) is 24.3 Å². The van der Waals surface area contributed by atoms with Gasteiger partial charge in [-0.2, -0.15) is 0 Å². The molecule has 4 nitrogen and oxygen atoms in total. The first-order valence-corrected chi connectivity index (χ1v) is 6.43. The van der Waals surface area contributed by atoms with E-state index in [4.69, 9.17) is 16.2 Å². The molecule has 2 rings (SSSR count). The predicted molar refractivity (Wildman–Crippen MR) is 77.8 cm³/mol. The van der Waals surface area contributed by atoms with Crippen molar-refractivity contribution in [1.29, 1.82) is 0 Å². The number of anilines is 1. The van der Waals surface area contributed by atoms with Gasteiger partial charge in [0.05, 0.1) is 4.47 Å². The van der Waals surface area contributed by atoms with Crippen molar-refractivity contribution in [3.8, 4) is 5.75 Å². The van der Waals surface area contributed by atoms with Crippen molar-refractivity contribution in [3.05, 3.63) is 58.1 Å². The number of amides is 1. The number of hydrogen-bond acceptors (Lipinski definition) is 3. The fourth-order valence-corrected chi connectivity index (χ4v) is 1.99. The smallest absolute Gasteiger partial charge is 0.248 e. The lowest BCUT2D eigenvalue weighted by Gasteiger charge is -2.10. The minimum atomic E-state index is -0.452. The highest BCUT2D eigenvalue weighted by Gasteiger charge is 2.05. The number of benzene rings is 2. The van der Waals surface area contributed by atoms with E-state index in [2.05, 4.69) is 15.9 Å². The number of ether oxygens (including phenoxy) is 1. The van der Waals surface area contributed by atoms with Gasteiger partial charge >= 0.3 is 0 Å². The van der Waals surface area contributed by atoms with E-state index in [1.807, 2.05) is 18.2 Å². The zero-order valence-electron chi connectivity index (χ0n) is 10.1. The summed E-state index contributed by atoms with van der Waals surface area (Å²) in [5.74, 6) is 0.205. The summed E-state index contributed by atoms with van der Waals surface area (Å²) in [5, 5.41) is 0. The topological polar surface area (TPSA) is 78.3 Å². The zero-order chi connectivity index (χ0) is 13.8. The van der Waals surface area contributed by atoms with Crippen LogP contribution in [0.25, 0.3) is 0 Å². The van der Waals surface area contributed by atoms with Gasteiger partial charge in [-0.3, -0.25) is 4.79 Å². The van der Waals surface area contributed by atoms with Gasteiger partial charge in [0.25, 0.3) is 0 Å². The van der Waals surface area contributed by atoms with E-state index < -0.39 is 5.91 Å². The Morgan fingerprint density at radius 2 is 1.95 bits per heavy atom. The normalized spacial score (nSPS) is 10.2. The molecule has 0 aromatic heterocycles. The summed E-state index contributed by atoms with van der Waals surface area (Å²) in [6.45, 7) is 0.336. The van der Waals surface area contributed by atoms with Gasteiger partial charge in [0.15, 0.2) is 0 Å². The molecule has 5 heteroatoms. The molecule has 0 aliphatic heterocycles. The summed E-state index contributed by atoms with van der Waals surface area (Å²) in [5.41, 5.74) is 12.9. The van der Waals surface area contributed by atoms with Gasteiger partial charge in [-0.25, -0.2) is 0 Å². The number of hydrogen-bond donors (Lipinski definition) is 2. The van der Waals surface area contributed by atoms with Gasteiger partial charge in [-0.1, -0.05) is 18.2 Å². The standard InChI is InChI=1S/C14H13BrN2O2/c15-13-11(16)5-2-6-12(13)19-8-9-3-1-4-10(7-9)14(17)18/h1-7H,8,16H2,(H2,17,18). The third-order valence-electron chi connectivity index (χ3n) is 2.60. The van der Waals surface area contributed by atoms with E-state index in [0.29, 0.717) is 23.6 Å². The second-order valence-electron chi connectivity index (χ2n) is 4.01. The SMILES string of the molecule is NC(=O)c1cccc(COc2cccc(N)c2Br)c1. The Morgan fingerprint density at radius 1 is 1.21 bits per heavy atom. The molecule has 0 unspecified atom stereocenters. The van der Waals surface area contributed by atoms with Crippen LogP contribution in [0.1, 0.15) is 15.9 Å². The molecule has 0 saturated carbocycles. The Kier molecular flexibility index (Phi) is 4.06. The molecule has 0 fully saturated rings. The number of carbonyl (C=O) groups is 1. The van der Waals surface area contributed by atoms with Gasteiger partial charge < -0.3 is 16.2 Å². The highest BCUT2D eigenvalue weighted by molar-refractivity contribution is 9.10. The van der Waals surface area contributed by atoms with E-state index >= 15 is 0 Å². The summed E-state index contributed by atoms with van der Waals surface area (Å²) >= 11 is 3.37. The zero-order valence-corrected chi connectivity index (χ0v) is 11.7. The van der Waals surface area contributed by atoms with Crippen LogP contribution in [-0.2, 0) is 6.61 Å². The average molecular weight is 321 g/mol. The Balaban J connectivity index is 2.12. The van der Waals surface area contributed by atoms with Crippen LogP contribution in [0.3, 0.4) is 0 Å². The molecular weight excluding hydrogens is 308 g/mol. The van der Waals surface area contributed by atoms with Crippen LogP contribution < -0.4 is 16.2 Å². The van der Waals surface area contributed by atoms with Crippen LogP contribution in [0.4, 0.5) is 5.69 Å². The summed E-state index contributed by atoms with van der Waals surface area (Å²) in [6.07, 6.45) is 0. The van der Waals surface area contributed by atoms with Crippen molar-refractivity contribution in [3.63, 3.8) is 0 Å². The monoisotopic (exact) mass is 320 g/mol. The van der Waals surface area contributed by atoms with Crippen LogP contribution in [0.5, 0.6) is 5.75 Å². The largest absolute Gasteiger partial charge is 0.488 e. The summed E-state index contributed by atoms with van der Waals surface area (Å²) < 4.78 is 6.38. The lowest BCUT2D eigenvalue weighted by atomic mass is 10.1. The van der Waals surface area contributed by atoms with E-state index in [9.17, 15) is 4.79 Å². The first kappa shape index (κ1) is 13.4. The molecule has 0 saturated heterocycles. The highest BCUT2D eigenvalue weighted by Crippen LogP contribution is 2.30. The molecule has 0 heterocycles. The molecule has 0 atom stereocenters. The molecule has 4 N–H and O–H groups in total. The summed E-state index contributed by atoms with van der Waals surface area (Å²) in [7, 11) is 0. The van der Waals surface area contributed by atoms with Crippen molar-refractivity contribution in [1.82, 2.24) is 0 Å². The molecule has 0 aliphatic rings. The lowest BCUT2D eigenvalue weighted by molar-refractivity contribution is 0.1000. The fraction of sp³-hybridized carbons (Fsp3) is 0.0714. The van der Waals surface area contributed by atoms with Crippen LogP contribution in [0.2, 0.25) is 0 Å². The minimum absolute atomic E-state index is 0.336. The van der Waals surface area contributed by atoms with Crippen LogP contribution in [0.15, 0.2) is 46.9 Å². The number of nitrogen functional groups attached to an aromatic ring is 1. The van der Waals surface area contributed by atoms with Crippen LogP contribution >= 0.6 is 15.9 Å². The molecule has 0 spiro atoms. The third kappa shape index (κ3) is 3.26. The Morgan fingerprint density at radius 3 is 2.68 bits per heavy atom. The third-order valence-corrected chi connectivity index (χ3v) is 3.45. The number of primary amides is 1. The van der Waals surface area contributed by atoms with E-state index in [0.717, 1.165) is 10.0 Å². The second kappa shape index (κ2) is 5.75. The number of carbonyl (C=O) groups excluding carboxylic acids is 1. The molecule has 19 heavy (non-hydrogen) atoms. The van der Waals surface area contributed by atoms with Crippen molar-refractivity contribution in [2.24, 2.45) is 5.73 Å². The summed E-state index contributed by atoms with van der Waals surface area (Å²) in [6, 6.07) is 12.4. The van der Waals surface area contributed by atoms with Crippen molar-refractivity contribution < 1.29 is 9.53 Å². The number of nitrogens with two attached hydrogens (primary N) is 2. The highest BCUT2D eigenvalue weighted by atomic mass is 79.9. The maximum absolute atomic E-state index is 11.1. The summed E-state index contributed by atoms with van der Waals surface area (Å²) in [4.78, 5) is 11.1. The minimum Gasteiger partial charge on any atom is -0.488 e. The fourth-order valence-electron chi connectivity index (χ4n) is 1.61. The second-order valence-corrected chi connectivity index (χ2v) is 4.81. The first-order chi connectivity index (χ1) is 9.08. The van der Waals surface area contributed by atoms with Crippen molar-refractivity contribution >= 4 is 27.5 Å². The van der Waals surface area contributed by atoms with Gasteiger partial charge in [0.1, 0.15) is 12.4 Å². The van der Waals surface area contributed by atoms with Gasteiger partial charge in [0.2, 0.25) is 5.91 Å². The van der Waals surface area contributed by atoms with Crippen molar-refractivity contribution in [2.45, 2.75) is 6.61 Å². The molecule has 0 radical (unpaired) electrons. The maximum Gasteiger partial charge on any atom is 0.248 e. The Labute approximate surface area is 119 Å². The van der Waals surface area contributed by atoms with Crippen LogP contribution in [0, 0.1) is 0 Å². The Bertz CT molecular complexity index is 614. The van der Waals surface area contributed by atoms with Gasteiger partial charge in [-0.05, 0) is 45.8 Å².